The van der Waals surface area contributed by atoms with Crippen LogP contribution in [0.15, 0.2) is 15.6 Å². The maximum absolute atomic E-state index is 5.82. The van der Waals surface area contributed by atoms with Gasteiger partial charge in [-0.2, -0.15) is 11.8 Å². The lowest BCUT2D eigenvalue weighted by Crippen LogP contribution is -2.47. The van der Waals surface area contributed by atoms with E-state index in [9.17, 15) is 0 Å². The molecule has 1 N–H and O–H groups in total. The Kier molecular flexibility index (Phi) is 5.78. The minimum absolute atomic E-state index is 0.00857. The highest BCUT2D eigenvalue weighted by molar-refractivity contribution is 8.00. The summed E-state index contributed by atoms with van der Waals surface area (Å²) >= 11 is 2.06. The van der Waals surface area contributed by atoms with Crippen LogP contribution in [-0.2, 0) is 12.0 Å². The number of hydrogen-bond donors (Lipinski definition) is 1. The normalized spacial score (nSPS) is 20.3. The predicted octanol–water partition coefficient (Wildman–Crippen LogP) is 2.87. The van der Waals surface area contributed by atoms with E-state index < -0.39 is 0 Å². The van der Waals surface area contributed by atoms with Crippen LogP contribution in [0, 0.1) is 0 Å². The van der Waals surface area contributed by atoms with Gasteiger partial charge in [-0.15, -0.1) is 0 Å². The molecule has 0 aromatic carbocycles. The predicted molar refractivity (Wildman–Crippen MR) is 93.5 cm³/mol. The zero-order valence-electron chi connectivity index (χ0n) is 14.3. The SMILES string of the molecule is CCC1CN(C(=NC)NCc2ncc(C(C)(C)C)o2)CCS1. The lowest BCUT2D eigenvalue weighted by Gasteiger charge is -2.34. The number of oxazole rings is 1. The van der Waals surface area contributed by atoms with Crippen molar-refractivity contribution in [3.63, 3.8) is 0 Å². The zero-order chi connectivity index (χ0) is 16.2. The number of rotatable bonds is 3. The van der Waals surface area contributed by atoms with Crippen molar-refractivity contribution in [2.24, 2.45) is 4.99 Å². The van der Waals surface area contributed by atoms with Crippen LogP contribution in [0.1, 0.15) is 45.8 Å². The summed E-state index contributed by atoms with van der Waals surface area (Å²) in [4.78, 5) is 11.1. The second kappa shape index (κ2) is 7.40. The Morgan fingerprint density at radius 3 is 2.91 bits per heavy atom. The molecule has 0 spiro atoms. The van der Waals surface area contributed by atoms with Crippen molar-refractivity contribution < 1.29 is 4.42 Å². The number of hydrogen-bond acceptors (Lipinski definition) is 4. The van der Waals surface area contributed by atoms with E-state index in [0.717, 1.165) is 30.6 Å². The van der Waals surface area contributed by atoms with Crippen LogP contribution < -0.4 is 5.32 Å². The lowest BCUT2D eigenvalue weighted by atomic mass is 9.94. The third-order valence-corrected chi connectivity index (χ3v) is 5.17. The van der Waals surface area contributed by atoms with Gasteiger partial charge in [-0.1, -0.05) is 27.7 Å². The number of nitrogens with one attached hydrogen (secondary N) is 1. The third-order valence-electron chi connectivity index (χ3n) is 3.80. The van der Waals surface area contributed by atoms with Gasteiger partial charge in [0.1, 0.15) is 5.76 Å². The molecule has 2 heterocycles. The van der Waals surface area contributed by atoms with Crippen molar-refractivity contribution >= 4 is 17.7 Å². The van der Waals surface area contributed by atoms with Gasteiger partial charge in [0.05, 0.1) is 12.7 Å². The summed E-state index contributed by atoms with van der Waals surface area (Å²) in [7, 11) is 1.83. The molecule has 5 nitrogen and oxygen atoms in total. The first-order valence-corrected chi connectivity index (χ1v) is 9.01. The van der Waals surface area contributed by atoms with E-state index in [4.69, 9.17) is 4.42 Å². The molecule has 1 aliphatic rings. The minimum atomic E-state index is -0.00857. The molecule has 6 heteroatoms. The molecular formula is C16H28N4OS. The summed E-state index contributed by atoms with van der Waals surface area (Å²) in [5.74, 6) is 3.73. The van der Waals surface area contributed by atoms with Crippen molar-refractivity contribution in [2.75, 3.05) is 25.9 Å². The fourth-order valence-electron chi connectivity index (χ4n) is 2.38. The van der Waals surface area contributed by atoms with Gasteiger partial charge in [0.2, 0.25) is 5.89 Å². The fourth-order valence-corrected chi connectivity index (χ4v) is 3.56. The van der Waals surface area contributed by atoms with Crippen LogP contribution in [-0.4, -0.2) is 47.0 Å². The maximum atomic E-state index is 5.82. The first-order chi connectivity index (χ1) is 10.4. The van der Waals surface area contributed by atoms with Crippen molar-refractivity contribution in [3.05, 3.63) is 17.8 Å². The van der Waals surface area contributed by atoms with E-state index in [-0.39, 0.29) is 5.41 Å². The Morgan fingerprint density at radius 2 is 2.32 bits per heavy atom. The molecule has 0 saturated carbocycles. The van der Waals surface area contributed by atoms with Gasteiger partial charge in [-0.25, -0.2) is 4.98 Å². The lowest BCUT2D eigenvalue weighted by molar-refractivity contribution is 0.372. The first kappa shape index (κ1) is 17.2. The quantitative estimate of drug-likeness (QED) is 0.684. The van der Waals surface area contributed by atoms with E-state index in [0.29, 0.717) is 17.7 Å². The van der Waals surface area contributed by atoms with Crippen LogP contribution in [0.2, 0.25) is 0 Å². The summed E-state index contributed by atoms with van der Waals surface area (Å²) in [6, 6.07) is 0. The Morgan fingerprint density at radius 1 is 1.55 bits per heavy atom. The highest BCUT2D eigenvalue weighted by Crippen LogP contribution is 2.23. The van der Waals surface area contributed by atoms with Crippen molar-refractivity contribution in [3.8, 4) is 0 Å². The second-order valence-electron chi connectivity index (χ2n) is 6.62. The van der Waals surface area contributed by atoms with Crippen LogP contribution in [0.4, 0.5) is 0 Å². The van der Waals surface area contributed by atoms with E-state index in [2.05, 4.69) is 59.6 Å². The average Bonchev–Trinajstić information content (AvgIpc) is 2.97. The van der Waals surface area contributed by atoms with E-state index in [1.54, 1.807) is 0 Å². The monoisotopic (exact) mass is 324 g/mol. The third kappa shape index (κ3) is 4.41. The van der Waals surface area contributed by atoms with Gasteiger partial charge in [0, 0.05) is 36.6 Å². The molecule has 1 saturated heterocycles. The number of aromatic nitrogens is 1. The molecule has 0 amide bonds. The van der Waals surface area contributed by atoms with Crippen LogP contribution in [0.5, 0.6) is 0 Å². The fraction of sp³-hybridized carbons (Fsp3) is 0.750. The van der Waals surface area contributed by atoms with Crippen molar-refractivity contribution in [1.82, 2.24) is 15.2 Å². The summed E-state index contributed by atoms with van der Waals surface area (Å²) in [6.07, 6.45) is 3.03. The molecule has 1 atom stereocenters. The van der Waals surface area contributed by atoms with Gasteiger partial charge in [-0.3, -0.25) is 4.99 Å². The van der Waals surface area contributed by atoms with Gasteiger partial charge in [0.25, 0.3) is 0 Å². The Labute approximate surface area is 138 Å². The van der Waals surface area contributed by atoms with Crippen molar-refractivity contribution in [2.45, 2.75) is 51.3 Å². The largest absolute Gasteiger partial charge is 0.443 e. The van der Waals surface area contributed by atoms with Gasteiger partial charge in [-0.05, 0) is 6.42 Å². The summed E-state index contributed by atoms with van der Waals surface area (Å²) < 4.78 is 5.82. The number of thioether (sulfide) groups is 1. The van der Waals surface area contributed by atoms with Gasteiger partial charge >= 0.3 is 0 Å². The molecule has 0 radical (unpaired) electrons. The molecule has 2 rings (SSSR count). The van der Waals surface area contributed by atoms with E-state index in [1.807, 2.05) is 13.2 Å². The van der Waals surface area contributed by atoms with Crippen LogP contribution in [0.25, 0.3) is 0 Å². The number of guanidine groups is 1. The molecule has 0 bridgehead atoms. The smallest absolute Gasteiger partial charge is 0.213 e. The van der Waals surface area contributed by atoms with Gasteiger partial charge in [0.15, 0.2) is 5.96 Å². The van der Waals surface area contributed by atoms with E-state index >= 15 is 0 Å². The average molecular weight is 324 g/mol. The molecule has 1 aliphatic heterocycles. The number of nitrogens with zero attached hydrogens (tertiary/aromatic N) is 3. The Hall–Kier alpha value is -1.17. The zero-order valence-corrected chi connectivity index (χ0v) is 15.2. The molecule has 1 aromatic rings. The molecule has 124 valence electrons. The van der Waals surface area contributed by atoms with E-state index in [1.165, 1.54) is 6.42 Å². The first-order valence-electron chi connectivity index (χ1n) is 7.96. The maximum Gasteiger partial charge on any atom is 0.213 e. The molecular weight excluding hydrogens is 296 g/mol. The Balaban J connectivity index is 1.92. The van der Waals surface area contributed by atoms with Crippen molar-refractivity contribution in [1.29, 1.82) is 0 Å². The summed E-state index contributed by atoms with van der Waals surface area (Å²) in [5.41, 5.74) is -0.00857. The molecule has 22 heavy (non-hydrogen) atoms. The highest BCUT2D eigenvalue weighted by atomic mass is 32.2. The van der Waals surface area contributed by atoms with Crippen LogP contribution >= 0.6 is 11.8 Å². The molecule has 1 unspecified atom stereocenters. The standard InChI is InChI=1S/C16H28N4OS/c1-6-12-11-20(7-8-22-12)15(17-5)19-10-14-18-9-13(21-14)16(2,3)4/h9,12H,6-8,10-11H2,1-5H3,(H,17,19). The van der Waals surface area contributed by atoms with Crippen LogP contribution in [0.3, 0.4) is 0 Å². The molecule has 1 aromatic heterocycles. The second-order valence-corrected chi connectivity index (χ2v) is 8.02. The summed E-state index contributed by atoms with van der Waals surface area (Å²) in [5, 5.41) is 4.07. The highest BCUT2D eigenvalue weighted by Gasteiger charge is 2.22. The summed E-state index contributed by atoms with van der Waals surface area (Å²) in [6.45, 7) is 11.3. The minimum Gasteiger partial charge on any atom is -0.443 e. The Bertz CT molecular complexity index is 506. The number of aliphatic imine (C=N–C) groups is 1. The molecule has 1 fully saturated rings. The topological polar surface area (TPSA) is 53.7 Å². The van der Waals surface area contributed by atoms with Gasteiger partial charge < -0.3 is 14.6 Å². The molecule has 0 aliphatic carbocycles.